The van der Waals surface area contributed by atoms with Gasteiger partial charge < -0.3 is 4.52 Å². The highest BCUT2D eigenvalue weighted by molar-refractivity contribution is 5.15. The number of piperidine rings is 1. The molecular formula is C19H25N3O. The molecule has 0 saturated carbocycles. The Morgan fingerprint density at radius 1 is 1.09 bits per heavy atom. The number of hydrogen-bond acceptors (Lipinski definition) is 4. The molecule has 0 spiro atoms. The van der Waals surface area contributed by atoms with Crippen LogP contribution < -0.4 is 0 Å². The summed E-state index contributed by atoms with van der Waals surface area (Å²) < 4.78 is 5.42. The number of aromatic nitrogens is 1. The van der Waals surface area contributed by atoms with Gasteiger partial charge >= 0.3 is 0 Å². The van der Waals surface area contributed by atoms with Crippen molar-refractivity contribution in [2.75, 3.05) is 19.6 Å². The van der Waals surface area contributed by atoms with Crippen molar-refractivity contribution in [3.05, 3.63) is 53.4 Å². The normalized spacial score (nSPS) is 25.6. The van der Waals surface area contributed by atoms with E-state index in [-0.39, 0.29) is 0 Å². The van der Waals surface area contributed by atoms with Crippen molar-refractivity contribution < 1.29 is 4.52 Å². The number of rotatable bonds is 4. The van der Waals surface area contributed by atoms with Crippen LogP contribution in [0.25, 0.3) is 0 Å². The Labute approximate surface area is 138 Å². The molecule has 2 aromatic rings. The molecule has 2 atom stereocenters. The number of fused-ring (bicyclic) bond motifs is 4. The zero-order valence-corrected chi connectivity index (χ0v) is 13.8. The molecule has 1 aromatic heterocycles. The Hall–Kier alpha value is -1.65. The summed E-state index contributed by atoms with van der Waals surface area (Å²) in [6.07, 6.45) is 2.69. The fourth-order valence-corrected chi connectivity index (χ4v) is 4.13. The van der Waals surface area contributed by atoms with Crippen LogP contribution in [-0.4, -0.2) is 40.6 Å². The molecule has 4 heteroatoms. The number of nitrogens with zero attached hydrogens (tertiary/aromatic N) is 3. The third-order valence-electron chi connectivity index (χ3n) is 5.19. The lowest BCUT2D eigenvalue weighted by Crippen LogP contribution is -2.43. The first-order valence-electron chi connectivity index (χ1n) is 8.69. The molecule has 122 valence electrons. The molecule has 0 radical (unpaired) electrons. The van der Waals surface area contributed by atoms with E-state index in [4.69, 9.17) is 4.52 Å². The van der Waals surface area contributed by atoms with E-state index in [2.05, 4.69) is 51.4 Å². The molecule has 0 amide bonds. The zero-order chi connectivity index (χ0) is 15.6. The van der Waals surface area contributed by atoms with Gasteiger partial charge in [0.2, 0.25) is 0 Å². The molecule has 4 heterocycles. The Morgan fingerprint density at radius 3 is 2.74 bits per heavy atom. The molecule has 3 aliphatic rings. The Morgan fingerprint density at radius 2 is 1.96 bits per heavy atom. The van der Waals surface area contributed by atoms with Crippen molar-refractivity contribution in [3.63, 3.8) is 0 Å². The average Bonchev–Trinajstić information content (AvgIpc) is 2.77. The predicted octanol–water partition coefficient (Wildman–Crippen LogP) is 3.08. The van der Waals surface area contributed by atoms with Crippen LogP contribution in [0.4, 0.5) is 0 Å². The summed E-state index contributed by atoms with van der Waals surface area (Å²) in [5, 5.41) is 4.02. The van der Waals surface area contributed by atoms with E-state index < -0.39 is 0 Å². The molecule has 3 saturated heterocycles. The van der Waals surface area contributed by atoms with Crippen LogP contribution in [0.1, 0.15) is 29.9 Å². The topological polar surface area (TPSA) is 32.5 Å². The molecule has 4 nitrogen and oxygen atoms in total. The van der Waals surface area contributed by atoms with Crippen LogP contribution in [0.2, 0.25) is 0 Å². The minimum atomic E-state index is 0.665. The highest BCUT2D eigenvalue weighted by Gasteiger charge is 2.34. The van der Waals surface area contributed by atoms with Gasteiger partial charge in [-0.3, -0.25) is 9.80 Å². The minimum absolute atomic E-state index is 0.665. The van der Waals surface area contributed by atoms with Crippen LogP contribution in [0, 0.1) is 12.8 Å². The van der Waals surface area contributed by atoms with E-state index in [0.717, 1.165) is 37.0 Å². The number of aryl methyl sites for hydroxylation is 1. The van der Waals surface area contributed by atoms with E-state index in [1.54, 1.807) is 0 Å². The molecule has 0 aliphatic carbocycles. The van der Waals surface area contributed by atoms with E-state index in [1.165, 1.54) is 31.5 Å². The largest absolute Gasteiger partial charge is 0.360 e. The molecular weight excluding hydrogens is 286 g/mol. The van der Waals surface area contributed by atoms with Crippen LogP contribution >= 0.6 is 0 Å². The van der Waals surface area contributed by atoms with Gasteiger partial charge in [0.05, 0.1) is 12.2 Å². The summed E-state index contributed by atoms with van der Waals surface area (Å²) in [6.45, 7) is 7.51. The first kappa shape index (κ1) is 14.9. The van der Waals surface area contributed by atoms with Gasteiger partial charge in [0.1, 0.15) is 0 Å². The minimum Gasteiger partial charge on any atom is -0.360 e. The van der Waals surface area contributed by atoms with E-state index in [1.807, 2.05) is 6.92 Å². The van der Waals surface area contributed by atoms with E-state index >= 15 is 0 Å². The average molecular weight is 311 g/mol. The van der Waals surface area contributed by atoms with Gasteiger partial charge in [-0.15, -0.1) is 0 Å². The van der Waals surface area contributed by atoms with Crippen LogP contribution in [0.3, 0.4) is 0 Å². The zero-order valence-electron chi connectivity index (χ0n) is 13.8. The van der Waals surface area contributed by atoms with Crippen molar-refractivity contribution >= 4 is 0 Å². The maximum Gasteiger partial charge on any atom is 0.150 e. The van der Waals surface area contributed by atoms with Crippen molar-refractivity contribution in [3.8, 4) is 0 Å². The molecule has 2 bridgehead atoms. The van der Waals surface area contributed by atoms with Gasteiger partial charge in [0, 0.05) is 38.3 Å². The molecule has 3 aliphatic heterocycles. The Balaban J connectivity index is 1.44. The van der Waals surface area contributed by atoms with Gasteiger partial charge in [-0.25, -0.2) is 0 Å². The lowest BCUT2D eigenvalue weighted by atomic mass is 9.94. The second-order valence-corrected chi connectivity index (χ2v) is 7.14. The maximum atomic E-state index is 5.42. The summed E-state index contributed by atoms with van der Waals surface area (Å²) >= 11 is 0. The van der Waals surface area contributed by atoms with Crippen molar-refractivity contribution in [1.82, 2.24) is 15.0 Å². The smallest absolute Gasteiger partial charge is 0.150 e. The number of hydrogen-bond donors (Lipinski definition) is 0. The highest BCUT2D eigenvalue weighted by Crippen LogP contribution is 2.30. The Bertz CT molecular complexity index is 639. The lowest BCUT2D eigenvalue weighted by molar-refractivity contribution is 0.122. The third kappa shape index (κ3) is 3.48. The summed E-state index contributed by atoms with van der Waals surface area (Å²) in [7, 11) is 0. The van der Waals surface area contributed by atoms with E-state index in [0.29, 0.717) is 6.04 Å². The van der Waals surface area contributed by atoms with Gasteiger partial charge in [0.15, 0.2) is 5.76 Å². The van der Waals surface area contributed by atoms with E-state index in [9.17, 15) is 0 Å². The van der Waals surface area contributed by atoms with Gasteiger partial charge in [-0.1, -0.05) is 35.5 Å². The van der Waals surface area contributed by atoms with Gasteiger partial charge in [0.25, 0.3) is 0 Å². The summed E-state index contributed by atoms with van der Waals surface area (Å²) in [6, 6.07) is 13.6. The Kier molecular flexibility index (Phi) is 4.19. The summed E-state index contributed by atoms with van der Waals surface area (Å²) in [5.74, 6) is 1.78. The second kappa shape index (κ2) is 6.46. The summed E-state index contributed by atoms with van der Waals surface area (Å²) in [4.78, 5) is 5.25. The monoisotopic (exact) mass is 311 g/mol. The van der Waals surface area contributed by atoms with Gasteiger partial charge in [-0.2, -0.15) is 0 Å². The van der Waals surface area contributed by atoms with Gasteiger partial charge in [-0.05, 0) is 31.2 Å². The highest BCUT2D eigenvalue weighted by atomic mass is 16.5. The lowest BCUT2D eigenvalue weighted by Gasteiger charge is -2.36. The molecule has 3 fully saturated rings. The first-order chi connectivity index (χ1) is 11.3. The fraction of sp³-hybridized carbons (Fsp3) is 0.526. The predicted molar refractivity (Wildman–Crippen MR) is 89.9 cm³/mol. The number of benzene rings is 1. The van der Waals surface area contributed by atoms with Crippen molar-refractivity contribution in [1.29, 1.82) is 0 Å². The first-order valence-corrected chi connectivity index (χ1v) is 8.69. The maximum absolute atomic E-state index is 5.42. The standard InChI is InChI=1S/C19H25N3O/c1-15-9-19(23-20-15)14-21-10-17-7-8-18(13-21)22(12-17)11-16-5-3-2-4-6-16/h2-6,9,17-18H,7-8,10-14H2,1H3/t17-,18+/m0/s1. The molecule has 1 aromatic carbocycles. The SMILES string of the molecule is Cc1cc(CN2C[C@@H]3CC[C@H](C2)N(Cc2ccccc2)C3)on1. The molecule has 5 rings (SSSR count). The van der Waals surface area contributed by atoms with Crippen LogP contribution in [-0.2, 0) is 13.1 Å². The van der Waals surface area contributed by atoms with Crippen molar-refractivity contribution in [2.24, 2.45) is 5.92 Å². The third-order valence-corrected chi connectivity index (χ3v) is 5.19. The van der Waals surface area contributed by atoms with Crippen molar-refractivity contribution in [2.45, 2.75) is 38.9 Å². The molecule has 23 heavy (non-hydrogen) atoms. The second-order valence-electron chi connectivity index (χ2n) is 7.14. The summed E-state index contributed by atoms with van der Waals surface area (Å²) in [5.41, 5.74) is 2.40. The quantitative estimate of drug-likeness (QED) is 0.868. The fourth-order valence-electron chi connectivity index (χ4n) is 4.13. The molecule has 0 unspecified atom stereocenters. The molecule has 0 N–H and O–H groups in total. The van der Waals surface area contributed by atoms with Crippen LogP contribution in [0.15, 0.2) is 40.9 Å². The van der Waals surface area contributed by atoms with Crippen LogP contribution in [0.5, 0.6) is 0 Å².